The molecular weight excluding hydrogens is 871 g/mol. The van der Waals surface area contributed by atoms with Gasteiger partial charge in [-0.15, -0.1) is 0 Å². The fraction of sp³-hybridized carbons (Fsp3) is 0. The van der Waals surface area contributed by atoms with Crippen molar-refractivity contribution in [1.29, 1.82) is 0 Å². The number of rotatable bonds is 7. The van der Waals surface area contributed by atoms with E-state index in [1.54, 1.807) is 0 Å². The molecule has 8 heteroatoms. The van der Waals surface area contributed by atoms with Crippen molar-refractivity contribution in [3.63, 3.8) is 0 Å². The first-order valence-electron chi connectivity index (χ1n) is 23.8. The highest BCUT2D eigenvalue weighted by atomic mass is 28.3. The maximum absolute atomic E-state index is 5.65. The average Bonchev–Trinajstić information content (AvgIpc) is 4.23. The maximum Gasteiger partial charge on any atom is 0.220 e. The van der Waals surface area contributed by atoms with Crippen LogP contribution in [0.5, 0.6) is 0 Å². The molecule has 5 heterocycles. The molecule has 10 aromatic carbocycles. The molecule has 0 spiro atoms. The topological polar surface area (TPSA) is 49.4 Å². The lowest BCUT2D eigenvalue weighted by molar-refractivity contribution is 1.11. The van der Waals surface area contributed by atoms with Crippen LogP contribution in [-0.2, 0) is 0 Å². The second-order valence-corrected chi connectivity index (χ2v) is 22.0. The van der Waals surface area contributed by atoms with Crippen molar-refractivity contribution < 1.29 is 0 Å². The Bertz CT molecular complexity index is 4500. The van der Waals surface area contributed by atoms with Crippen LogP contribution in [0.25, 0.3) is 94.6 Å². The van der Waals surface area contributed by atoms with Crippen molar-refractivity contribution >= 4 is 106 Å². The first-order chi connectivity index (χ1) is 34.8. The second kappa shape index (κ2) is 14.9. The molecule has 70 heavy (non-hydrogen) atoms. The summed E-state index contributed by atoms with van der Waals surface area (Å²) in [6.45, 7) is 0. The zero-order chi connectivity index (χ0) is 45.9. The maximum atomic E-state index is 5.65. The number of aromatic nitrogens is 7. The smallest absolute Gasteiger partial charge is 0.220 e. The van der Waals surface area contributed by atoms with Crippen LogP contribution >= 0.6 is 0 Å². The Morgan fingerprint density at radius 1 is 0.286 bits per heavy atom. The normalized spacial score (nSPS) is 12.3. The molecule has 0 amide bonds. The van der Waals surface area contributed by atoms with Crippen LogP contribution in [0.4, 0.5) is 0 Å². The molecule has 0 radical (unpaired) electrons. The molecule has 7 nitrogen and oxygen atoms in total. The summed E-state index contributed by atoms with van der Waals surface area (Å²) in [6.07, 6.45) is 0. The molecule has 0 atom stereocenters. The molecule has 5 aromatic heterocycles. The number of fused-ring (bicyclic) bond motifs is 14. The molecule has 0 unspecified atom stereocenters. The van der Waals surface area contributed by atoms with E-state index in [0.29, 0.717) is 0 Å². The Morgan fingerprint density at radius 2 is 0.743 bits per heavy atom. The third kappa shape index (κ3) is 5.33. The van der Waals surface area contributed by atoms with Crippen LogP contribution in [0, 0.1) is 0 Å². The molecule has 0 saturated heterocycles. The van der Waals surface area contributed by atoms with Gasteiger partial charge in [-0.05, 0) is 112 Å². The lowest BCUT2D eigenvalue weighted by Gasteiger charge is -2.35. The van der Waals surface area contributed by atoms with Gasteiger partial charge in [0.1, 0.15) is 5.52 Å². The number of para-hydroxylation sites is 8. The Labute approximate surface area is 402 Å². The first kappa shape index (κ1) is 38.8. The molecule has 15 aromatic rings. The van der Waals surface area contributed by atoms with Crippen LogP contribution in [-0.4, -0.2) is 40.5 Å². The van der Waals surface area contributed by atoms with Crippen molar-refractivity contribution in [2.24, 2.45) is 0 Å². The fourth-order valence-electron chi connectivity index (χ4n) is 11.8. The van der Waals surface area contributed by atoms with E-state index in [9.17, 15) is 0 Å². The summed E-state index contributed by atoms with van der Waals surface area (Å²) in [6, 6.07) is 90.8. The minimum absolute atomic E-state index is 0.885. The zero-order valence-corrected chi connectivity index (χ0v) is 38.8. The van der Waals surface area contributed by atoms with Crippen molar-refractivity contribution in [3.05, 3.63) is 249 Å². The van der Waals surface area contributed by atoms with E-state index in [1.165, 1.54) is 31.5 Å². The van der Waals surface area contributed by atoms with Gasteiger partial charge in [0.05, 0.1) is 49.7 Å². The highest BCUT2D eigenvalue weighted by Gasteiger charge is 2.42. The predicted octanol–water partition coefficient (Wildman–Crippen LogP) is 11.7. The summed E-state index contributed by atoms with van der Waals surface area (Å²) in [5.74, 6) is 1.78. The first-order valence-corrected chi connectivity index (χ1v) is 25.8. The SMILES string of the molecule is c1ccc(-n2c3ccccc3n3c4ccc5c6ccccc6n(-c6cccc([Si](c7ccccc7)(c7ccccc7)c7cccc(-n8c9ccccc9n9c%10ccccc%10nc89)c7)c6)c5c4nc23)cc1. The number of imidazole rings is 4. The average molecular weight is 912 g/mol. The summed E-state index contributed by atoms with van der Waals surface area (Å²) in [7, 11) is -3.11. The van der Waals surface area contributed by atoms with Gasteiger partial charge in [0, 0.05) is 27.8 Å². The number of nitrogens with zero attached hydrogens (tertiary/aromatic N) is 7. The molecule has 0 N–H and O–H groups in total. The Hall–Kier alpha value is -9.24. The molecule has 0 aliphatic rings. The number of hydrogen-bond acceptors (Lipinski definition) is 2. The Kier molecular flexibility index (Phi) is 8.25. The molecular formula is C62H41N7Si. The summed E-state index contributed by atoms with van der Waals surface area (Å²) in [4.78, 5) is 10.9. The second-order valence-electron chi connectivity index (χ2n) is 18.2. The van der Waals surface area contributed by atoms with E-state index in [1.807, 2.05) is 0 Å². The van der Waals surface area contributed by atoms with Crippen molar-refractivity contribution in [3.8, 4) is 17.1 Å². The van der Waals surface area contributed by atoms with Gasteiger partial charge in [-0.25, -0.2) is 9.97 Å². The third-order valence-corrected chi connectivity index (χ3v) is 19.4. The standard InChI is InChI=1S/C62H41N7Si/c1-4-20-42(21-5-1)66-54-34-14-17-37-57(54)69-58-39-38-50-49-30-10-12-32-52(49)65(60(50)59(58)64-62(66)69)43-22-18-28-47(40-43)70(45-24-6-2-7-25-45,46-26-8-3-9-27-46)48-29-19-23-44(41-48)67-55-35-15-16-36-56(55)68-53-33-13-11-31-51(53)63-61(67)68/h1-41H. The minimum atomic E-state index is -3.11. The lowest BCUT2D eigenvalue weighted by atomic mass is 10.1. The van der Waals surface area contributed by atoms with Crippen molar-refractivity contribution in [2.45, 2.75) is 0 Å². The van der Waals surface area contributed by atoms with Crippen LogP contribution in [0.15, 0.2) is 249 Å². The van der Waals surface area contributed by atoms with E-state index in [0.717, 1.165) is 83.8 Å². The Morgan fingerprint density at radius 3 is 1.39 bits per heavy atom. The number of benzene rings is 10. The zero-order valence-electron chi connectivity index (χ0n) is 37.8. The highest BCUT2D eigenvalue weighted by molar-refractivity contribution is 7.20. The molecule has 0 saturated carbocycles. The lowest BCUT2D eigenvalue weighted by Crippen LogP contribution is -2.74. The van der Waals surface area contributed by atoms with E-state index in [-0.39, 0.29) is 0 Å². The van der Waals surface area contributed by atoms with Crippen LogP contribution in [0.3, 0.4) is 0 Å². The van der Waals surface area contributed by atoms with Gasteiger partial charge in [0.25, 0.3) is 0 Å². The van der Waals surface area contributed by atoms with Gasteiger partial charge < -0.3 is 4.57 Å². The van der Waals surface area contributed by atoms with Crippen molar-refractivity contribution in [2.75, 3.05) is 0 Å². The van der Waals surface area contributed by atoms with Gasteiger partial charge in [-0.3, -0.25) is 17.9 Å². The largest absolute Gasteiger partial charge is 0.307 e. The summed E-state index contributed by atoms with van der Waals surface area (Å²) in [5.41, 5.74) is 14.0. The minimum Gasteiger partial charge on any atom is -0.307 e. The van der Waals surface area contributed by atoms with Crippen molar-refractivity contribution in [1.82, 2.24) is 32.5 Å². The van der Waals surface area contributed by atoms with Gasteiger partial charge in [0.2, 0.25) is 11.6 Å². The summed E-state index contributed by atoms with van der Waals surface area (Å²) >= 11 is 0. The number of hydrogen-bond donors (Lipinski definition) is 0. The summed E-state index contributed by atoms with van der Waals surface area (Å²) < 4.78 is 11.7. The fourth-order valence-corrected chi connectivity index (χ4v) is 16.6. The molecule has 0 bridgehead atoms. The van der Waals surface area contributed by atoms with Crippen LogP contribution in [0.2, 0.25) is 0 Å². The Balaban J connectivity index is 1.02. The van der Waals surface area contributed by atoms with Gasteiger partial charge in [0.15, 0.2) is 8.07 Å². The van der Waals surface area contributed by atoms with Gasteiger partial charge in [-0.1, -0.05) is 158 Å². The quantitative estimate of drug-likeness (QED) is 0.118. The monoisotopic (exact) mass is 911 g/mol. The van der Waals surface area contributed by atoms with E-state index < -0.39 is 8.07 Å². The van der Waals surface area contributed by atoms with Gasteiger partial charge in [-0.2, -0.15) is 0 Å². The highest BCUT2D eigenvalue weighted by Crippen LogP contribution is 2.39. The summed E-state index contributed by atoms with van der Waals surface area (Å²) in [5, 5.41) is 7.53. The van der Waals surface area contributed by atoms with Gasteiger partial charge >= 0.3 is 0 Å². The van der Waals surface area contributed by atoms with Crippen LogP contribution < -0.4 is 20.7 Å². The van der Waals surface area contributed by atoms with Crippen LogP contribution in [0.1, 0.15) is 0 Å². The van der Waals surface area contributed by atoms with E-state index in [2.05, 4.69) is 271 Å². The molecule has 0 aliphatic heterocycles. The molecule has 15 rings (SSSR count). The molecule has 328 valence electrons. The van der Waals surface area contributed by atoms with E-state index in [4.69, 9.17) is 9.97 Å². The molecule has 0 fully saturated rings. The third-order valence-electron chi connectivity index (χ3n) is 14.6. The molecule has 0 aliphatic carbocycles. The predicted molar refractivity (Wildman–Crippen MR) is 291 cm³/mol. The van der Waals surface area contributed by atoms with E-state index >= 15 is 0 Å².